The Labute approximate surface area is 184 Å². The van der Waals surface area contributed by atoms with Crippen molar-refractivity contribution in [3.8, 4) is 0 Å². The number of carbonyl (C=O) groups is 1. The third-order valence-corrected chi connectivity index (χ3v) is 6.92. The van der Waals surface area contributed by atoms with E-state index in [2.05, 4.69) is 27.9 Å². The molecule has 1 N–H and O–H groups in total. The molecule has 0 saturated heterocycles. The van der Waals surface area contributed by atoms with Crippen molar-refractivity contribution in [2.45, 2.75) is 17.9 Å². The zero-order chi connectivity index (χ0) is 20.9. The molecule has 0 heterocycles. The number of hydrogen-bond acceptors (Lipinski definition) is 3. The van der Waals surface area contributed by atoms with Gasteiger partial charge in [-0.1, -0.05) is 48.5 Å². The van der Waals surface area contributed by atoms with Gasteiger partial charge in [-0.2, -0.15) is 0 Å². The maximum absolute atomic E-state index is 13.3. The Morgan fingerprint density at radius 2 is 1.48 bits per heavy atom. The number of carbonyl (C=O) groups excluding carboxylic acids is 1. The maximum Gasteiger partial charge on any atom is 0.264 e. The molecule has 5 nitrogen and oxygen atoms in total. The molecule has 150 valence electrons. The number of amides is 1. The molecule has 0 aliphatic carbocycles. The molecule has 3 rings (SSSR count). The average molecular weight is 520 g/mol. The molecule has 0 fully saturated rings. The zero-order valence-corrected chi connectivity index (χ0v) is 18.8. The minimum atomic E-state index is -3.89. The molecule has 3 aromatic carbocycles. The average Bonchev–Trinajstić information content (AvgIpc) is 2.74. The van der Waals surface area contributed by atoms with Crippen LogP contribution < -0.4 is 9.62 Å². The lowest BCUT2D eigenvalue weighted by Gasteiger charge is -2.25. The first-order chi connectivity index (χ1) is 13.9. The molecule has 29 heavy (non-hydrogen) atoms. The Bertz CT molecular complexity index is 1060. The maximum atomic E-state index is 13.3. The lowest BCUT2D eigenvalue weighted by Crippen LogP contribution is -2.41. The monoisotopic (exact) mass is 520 g/mol. The molecule has 7 heteroatoms. The Morgan fingerprint density at radius 3 is 2.07 bits per heavy atom. The summed E-state index contributed by atoms with van der Waals surface area (Å²) in [6, 6.07) is 24.5. The van der Waals surface area contributed by atoms with Crippen LogP contribution in [0.4, 0.5) is 5.69 Å². The number of nitrogens with one attached hydrogen (secondary N) is 1. The van der Waals surface area contributed by atoms with Gasteiger partial charge in [-0.05, 0) is 71.5 Å². The molecule has 1 atom stereocenters. The van der Waals surface area contributed by atoms with E-state index in [-0.39, 0.29) is 23.4 Å². The van der Waals surface area contributed by atoms with Gasteiger partial charge in [-0.15, -0.1) is 0 Å². The summed E-state index contributed by atoms with van der Waals surface area (Å²) in [5, 5.41) is 2.88. The van der Waals surface area contributed by atoms with Crippen LogP contribution in [0.15, 0.2) is 89.8 Å². The second-order valence-electron chi connectivity index (χ2n) is 6.50. The number of halogens is 1. The molecule has 0 bridgehead atoms. The van der Waals surface area contributed by atoms with Gasteiger partial charge in [0.05, 0.1) is 16.6 Å². The molecule has 0 spiro atoms. The second kappa shape index (κ2) is 9.41. The van der Waals surface area contributed by atoms with E-state index < -0.39 is 10.0 Å². The van der Waals surface area contributed by atoms with E-state index >= 15 is 0 Å². The predicted octanol–water partition coefficient (Wildman–Crippen LogP) is 4.36. The minimum Gasteiger partial charge on any atom is -0.348 e. The summed E-state index contributed by atoms with van der Waals surface area (Å²) in [5.74, 6) is -0.376. The Morgan fingerprint density at radius 1 is 0.931 bits per heavy atom. The zero-order valence-electron chi connectivity index (χ0n) is 15.8. The van der Waals surface area contributed by atoms with Crippen LogP contribution in [0.1, 0.15) is 18.5 Å². The first-order valence-electron chi connectivity index (χ1n) is 9.05. The quantitative estimate of drug-likeness (QED) is 0.471. The van der Waals surface area contributed by atoms with Crippen molar-refractivity contribution in [1.29, 1.82) is 0 Å². The minimum absolute atomic E-state index is 0.141. The van der Waals surface area contributed by atoms with E-state index in [9.17, 15) is 13.2 Å². The highest BCUT2D eigenvalue weighted by Gasteiger charge is 2.27. The van der Waals surface area contributed by atoms with E-state index in [1.807, 2.05) is 49.4 Å². The lowest BCUT2D eigenvalue weighted by atomic mass is 10.1. The van der Waals surface area contributed by atoms with Crippen LogP contribution in [-0.4, -0.2) is 20.9 Å². The van der Waals surface area contributed by atoms with Gasteiger partial charge in [-0.25, -0.2) is 8.42 Å². The predicted molar refractivity (Wildman–Crippen MR) is 123 cm³/mol. The van der Waals surface area contributed by atoms with Gasteiger partial charge in [0, 0.05) is 3.57 Å². The fraction of sp³-hybridized carbons (Fsp3) is 0.136. The highest BCUT2D eigenvalue weighted by molar-refractivity contribution is 14.1. The highest BCUT2D eigenvalue weighted by Crippen LogP contribution is 2.24. The topological polar surface area (TPSA) is 66.5 Å². The molecule has 0 aliphatic heterocycles. The first-order valence-corrected chi connectivity index (χ1v) is 11.6. The van der Waals surface area contributed by atoms with Crippen LogP contribution in [0.2, 0.25) is 0 Å². The van der Waals surface area contributed by atoms with Crippen molar-refractivity contribution in [3.63, 3.8) is 0 Å². The van der Waals surface area contributed by atoms with E-state index in [0.29, 0.717) is 5.69 Å². The molecule has 0 saturated carbocycles. The normalized spacial score (nSPS) is 12.2. The van der Waals surface area contributed by atoms with Crippen LogP contribution >= 0.6 is 22.6 Å². The van der Waals surface area contributed by atoms with Crippen LogP contribution in [0.25, 0.3) is 0 Å². The first kappa shape index (κ1) is 21.3. The number of anilines is 1. The standard InChI is InChI=1S/C22H21IN2O3S/c1-17(18-8-4-2-5-9-18)24-22(26)16-25(20-14-12-19(23)13-15-20)29(27,28)21-10-6-3-7-11-21/h2-15,17H,16H2,1H3,(H,24,26). The molecule has 0 radical (unpaired) electrons. The van der Waals surface area contributed by atoms with Crippen LogP contribution in [0.5, 0.6) is 0 Å². The summed E-state index contributed by atoms with van der Waals surface area (Å²) in [6.45, 7) is 1.56. The number of benzene rings is 3. The number of rotatable bonds is 7. The third-order valence-electron chi connectivity index (χ3n) is 4.41. The van der Waals surface area contributed by atoms with Crippen molar-refractivity contribution < 1.29 is 13.2 Å². The summed E-state index contributed by atoms with van der Waals surface area (Å²) in [5.41, 5.74) is 1.39. The van der Waals surface area contributed by atoms with Gasteiger partial charge in [0.25, 0.3) is 10.0 Å². The number of hydrogen-bond donors (Lipinski definition) is 1. The fourth-order valence-corrected chi connectivity index (χ4v) is 4.69. The second-order valence-corrected chi connectivity index (χ2v) is 9.61. The molecule has 3 aromatic rings. The van der Waals surface area contributed by atoms with Crippen molar-refractivity contribution in [2.75, 3.05) is 10.8 Å². The molecule has 1 unspecified atom stereocenters. The van der Waals surface area contributed by atoms with E-state index in [1.54, 1.807) is 30.3 Å². The number of nitrogens with zero attached hydrogens (tertiary/aromatic N) is 1. The van der Waals surface area contributed by atoms with E-state index in [0.717, 1.165) is 13.4 Å². The van der Waals surface area contributed by atoms with E-state index in [4.69, 9.17) is 0 Å². The van der Waals surface area contributed by atoms with Gasteiger partial charge in [-0.3, -0.25) is 9.10 Å². The van der Waals surface area contributed by atoms with Gasteiger partial charge < -0.3 is 5.32 Å². The van der Waals surface area contributed by atoms with Crippen LogP contribution in [0, 0.1) is 3.57 Å². The summed E-state index contributed by atoms with van der Waals surface area (Å²) in [4.78, 5) is 12.9. The summed E-state index contributed by atoms with van der Waals surface area (Å²) in [7, 11) is -3.89. The third kappa shape index (κ3) is 5.36. The molecular formula is C22H21IN2O3S. The van der Waals surface area contributed by atoms with Crippen molar-refractivity contribution in [1.82, 2.24) is 5.32 Å². The molecule has 0 aromatic heterocycles. The van der Waals surface area contributed by atoms with E-state index in [1.165, 1.54) is 12.1 Å². The molecule has 0 aliphatic rings. The van der Waals surface area contributed by atoms with Crippen LogP contribution in [-0.2, 0) is 14.8 Å². The molecule has 1 amide bonds. The summed E-state index contributed by atoms with van der Waals surface area (Å²) >= 11 is 2.15. The Hall–Kier alpha value is -2.39. The van der Waals surface area contributed by atoms with Gasteiger partial charge >= 0.3 is 0 Å². The number of sulfonamides is 1. The fourth-order valence-electron chi connectivity index (χ4n) is 2.88. The summed E-state index contributed by atoms with van der Waals surface area (Å²) < 4.78 is 28.6. The Kier molecular flexibility index (Phi) is 6.92. The lowest BCUT2D eigenvalue weighted by molar-refractivity contribution is -0.120. The van der Waals surface area contributed by atoms with Crippen molar-refractivity contribution in [2.24, 2.45) is 0 Å². The van der Waals surface area contributed by atoms with Crippen molar-refractivity contribution >= 4 is 44.2 Å². The Balaban J connectivity index is 1.87. The summed E-state index contributed by atoms with van der Waals surface area (Å²) in [6.07, 6.45) is 0. The highest BCUT2D eigenvalue weighted by atomic mass is 127. The largest absolute Gasteiger partial charge is 0.348 e. The van der Waals surface area contributed by atoms with Crippen LogP contribution in [0.3, 0.4) is 0 Å². The van der Waals surface area contributed by atoms with Gasteiger partial charge in [0.2, 0.25) is 5.91 Å². The van der Waals surface area contributed by atoms with Gasteiger partial charge in [0.1, 0.15) is 6.54 Å². The molecular weight excluding hydrogens is 499 g/mol. The van der Waals surface area contributed by atoms with Gasteiger partial charge in [0.15, 0.2) is 0 Å². The smallest absolute Gasteiger partial charge is 0.264 e. The SMILES string of the molecule is CC(NC(=O)CN(c1ccc(I)cc1)S(=O)(=O)c1ccccc1)c1ccccc1. The van der Waals surface area contributed by atoms with Crippen molar-refractivity contribution in [3.05, 3.63) is 94.1 Å².